The second-order valence-corrected chi connectivity index (χ2v) is 5.75. The maximum atomic E-state index is 11.4. The Morgan fingerprint density at radius 2 is 1.82 bits per heavy atom. The summed E-state index contributed by atoms with van der Waals surface area (Å²) in [6, 6.07) is 13.6. The molecule has 2 aromatic carbocycles. The molecule has 0 bridgehead atoms. The second-order valence-electron chi connectivity index (χ2n) is 5.48. The van der Waals surface area contributed by atoms with Crippen molar-refractivity contribution >= 4 is 17.6 Å². The summed E-state index contributed by atoms with van der Waals surface area (Å²) in [5.74, 6) is -0.494. The molecule has 3 heteroatoms. The molecule has 1 N–H and O–H groups in total. The molecule has 0 aliphatic rings. The zero-order valence-corrected chi connectivity index (χ0v) is 13.6. The van der Waals surface area contributed by atoms with Crippen molar-refractivity contribution in [3.63, 3.8) is 0 Å². The summed E-state index contributed by atoms with van der Waals surface area (Å²) in [6.07, 6.45) is 3.96. The predicted molar refractivity (Wildman–Crippen MR) is 90.8 cm³/mol. The predicted octanol–water partition coefficient (Wildman–Crippen LogP) is 5.06. The Kier molecular flexibility index (Phi) is 6.02. The van der Waals surface area contributed by atoms with Crippen LogP contribution >= 0.6 is 11.6 Å². The number of unbranched alkanes of at least 4 members (excludes halogenated alkanes) is 1. The summed E-state index contributed by atoms with van der Waals surface area (Å²) in [5.41, 5.74) is 4.64. The highest BCUT2D eigenvalue weighted by atomic mass is 35.5. The molecule has 0 radical (unpaired) electrons. The van der Waals surface area contributed by atoms with Crippen molar-refractivity contribution in [1.29, 1.82) is 0 Å². The van der Waals surface area contributed by atoms with Gasteiger partial charge in [0.15, 0.2) is 0 Å². The monoisotopic (exact) mass is 316 g/mol. The Bertz CT molecular complexity index is 650. The molecule has 0 saturated heterocycles. The SMILES string of the molecule is CCCCc1ccccc1Cc1cc(CCl)ccc1C(=O)O. The number of aromatic carboxylic acids is 1. The number of rotatable bonds is 7. The molecular weight excluding hydrogens is 296 g/mol. The summed E-state index contributed by atoms with van der Waals surface area (Å²) in [7, 11) is 0. The number of benzene rings is 2. The molecule has 0 amide bonds. The van der Waals surface area contributed by atoms with Gasteiger partial charge < -0.3 is 5.11 Å². The van der Waals surface area contributed by atoms with E-state index < -0.39 is 5.97 Å². The lowest BCUT2D eigenvalue weighted by Crippen LogP contribution is -2.05. The first kappa shape index (κ1) is 16.6. The fourth-order valence-corrected chi connectivity index (χ4v) is 2.80. The van der Waals surface area contributed by atoms with E-state index in [4.69, 9.17) is 11.6 Å². The third-order valence-corrected chi connectivity index (χ3v) is 4.16. The lowest BCUT2D eigenvalue weighted by Gasteiger charge is -2.12. The molecule has 0 fully saturated rings. The van der Waals surface area contributed by atoms with E-state index in [1.54, 1.807) is 12.1 Å². The summed E-state index contributed by atoms with van der Waals surface area (Å²) >= 11 is 5.89. The van der Waals surface area contributed by atoms with Gasteiger partial charge in [0.2, 0.25) is 0 Å². The van der Waals surface area contributed by atoms with E-state index in [1.807, 2.05) is 18.2 Å². The van der Waals surface area contributed by atoms with Crippen LogP contribution in [0.1, 0.15) is 52.4 Å². The zero-order valence-electron chi connectivity index (χ0n) is 12.8. The van der Waals surface area contributed by atoms with Crippen molar-refractivity contribution < 1.29 is 9.90 Å². The van der Waals surface area contributed by atoms with Gasteiger partial charge in [-0.2, -0.15) is 0 Å². The minimum absolute atomic E-state index is 0.360. The van der Waals surface area contributed by atoms with E-state index in [0.29, 0.717) is 17.9 Å². The van der Waals surface area contributed by atoms with Gasteiger partial charge in [-0.3, -0.25) is 0 Å². The Balaban J connectivity index is 2.35. The maximum Gasteiger partial charge on any atom is 0.335 e. The quantitative estimate of drug-likeness (QED) is 0.725. The van der Waals surface area contributed by atoms with Crippen LogP contribution in [0.5, 0.6) is 0 Å². The molecule has 0 aliphatic heterocycles. The smallest absolute Gasteiger partial charge is 0.335 e. The third-order valence-electron chi connectivity index (χ3n) is 3.85. The topological polar surface area (TPSA) is 37.3 Å². The van der Waals surface area contributed by atoms with Crippen molar-refractivity contribution in [1.82, 2.24) is 0 Å². The first-order valence-corrected chi connectivity index (χ1v) is 8.17. The maximum absolute atomic E-state index is 11.4. The molecular formula is C19H21ClO2. The molecule has 0 atom stereocenters. The van der Waals surface area contributed by atoms with Crippen molar-refractivity contribution in [2.75, 3.05) is 0 Å². The number of hydrogen-bond donors (Lipinski definition) is 1. The summed E-state index contributed by atoms with van der Waals surface area (Å²) < 4.78 is 0. The molecule has 2 rings (SSSR count). The van der Waals surface area contributed by atoms with Gasteiger partial charge in [-0.15, -0.1) is 11.6 Å². The molecule has 22 heavy (non-hydrogen) atoms. The van der Waals surface area contributed by atoms with Crippen LogP contribution in [0.2, 0.25) is 0 Å². The zero-order chi connectivity index (χ0) is 15.9. The number of alkyl halides is 1. The Morgan fingerprint density at radius 1 is 1.09 bits per heavy atom. The summed E-state index contributed by atoms with van der Waals surface area (Å²) in [5, 5.41) is 9.39. The van der Waals surface area contributed by atoms with Gasteiger partial charge in [0, 0.05) is 5.88 Å². The van der Waals surface area contributed by atoms with Crippen LogP contribution in [0.3, 0.4) is 0 Å². The molecule has 2 nitrogen and oxygen atoms in total. The normalized spacial score (nSPS) is 10.6. The van der Waals surface area contributed by atoms with Gasteiger partial charge >= 0.3 is 5.97 Å². The molecule has 0 aliphatic carbocycles. The number of carboxylic acids is 1. The largest absolute Gasteiger partial charge is 0.478 e. The molecule has 0 saturated carbocycles. The first-order chi connectivity index (χ1) is 10.7. The fourth-order valence-electron chi connectivity index (χ4n) is 2.63. The molecule has 0 heterocycles. The van der Waals surface area contributed by atoms with Crippen LogP contribution in [0, 0.1) is 0 Å². The number of carboxylic acid groups (broad SMARTS) is 1. The average Bonchev–Trinajstić information content (AvgIpc) is 2.53. The van der Waals surface area contributed by atoms with Crippen LogP contribution in [0.25, 0.3) is 0 Å². The highest BCUT2D eigenvalue weighted by Crippen LogP contribution is 2.21. The van der Waals surface area contributed by atoms with Crippen molar-refractivity contribution in [2.45, 2.75) is 38.5 Å². The molecule has 2 aromatic rings. The van der Waals surface area contributed by atoms with Crippen LogP contribution in [0.15, 0.2) is 42.5 Å². The van der Waals surface area contributed by atoms with Gasteiger partial charge in [0.1, 0.15) is 0 Å². The van der Waals surface area contributed by atoms with Crippen LogP contribution < -0.4 is 0 Å². The van der Waals surface area contributed by atoms with Gasteiger partial charge in [-0.05, 0) is 47.6 Å². The van der Waals surface area contributed by atoms with E-state index in [-0.39, 0.29) is 0 Å². The Morgan fingerprint density at radius 3 is 2.45 bits per heavy atom. The van der Waals surface area contributed by atoms with E-state index in [9.17, 15) is 9.90 Å². The Labute approximate surface area is 136 Å². The van der Waals surface area contributed by atoms with E-state index in [2.05, 4.69) is 19.1 Å². The van der Waals surface area contributed by atoms with Gasteiger partial charge in [-0.1, -0.05) is 49.7 Å². The minimum atomic E-state index is -0.887. The number of aryl methyl sites for hydroxylation is 1. The lowest BCUT2D eigenvalue weighted by atomic mass is 9.93. The highest BCUT2D eigenvalue weighted by molar-refractivity contribution is 6.17. The highest BCUT2D eigenvalue weighted by Gasteiger charge is 2.12. The van der Waals surface area contributed by atoms with Crippen LogP contribution in [-0.2, 0) is 18.7 Å². The van der Waals surface area contributed by atoms with Crippen molar-refractivity contribution in [3.8, 4) is 0 Å². The third kappa shape index (κ3) is 4.11. The first-order valence-electron chi connectivity index (χ1n) is 7.63. The average molecular weight is 317 g/mol. The lowest BCUT2D eigenvalue weighted by molar-refractivity contribution is 0.0696. The van der Waals surface area contributed by atoms with Crippen molar-refractivity contribution in [3.05, 3.63) is 70.3 Å². The Hall–Kier alpha value is -1.80. The molecule has 116 valence electrons. The van der Waals surface area contributed by atoms with E-state index >= 15 is 0 Å². The minimum Gasteiger partial charge on any atom is -0.478 e. The van der Waals surface area contributed by atoms with Gasteiger partial charge in [0.25, 0.3) is 0 Å². The number of hydrogen-bond acceptors (Lipinski definition) is 1. The van der Waals surface area contributed by atoms with Crippen LogP contribution in [0.4, 0.5) is 0 Å². The molecule has 0 unspecified atom stereocenters. The number of carbonyl (C=O) groups is 1. The summed E-state index contributed by atoms with van der Waals surface area (Å²) in [4.78, 5) is 11.4. The van der Waals surface area contributed by atoms with Crippen LogP contribution in [-0.4, -0.2) is 11.1 Å². The fraction of sp³-hybridized carbons (Fsp3) is 0.316. The van der Waals surface area contributed by atoms with E-state index in [1.165, 1.54) is 11.1 Å². The van der Waals surface area contributed by atoms with Crippen molar-refractivity contribution in [2.24, 2.45) is 0 Å². The van der Waals surface area contributed by atoms with E-state index in [0.717, 1.165) is 30.4 Å². The molecule has 0 spiro atoms. The van der Waals surface area contributed by atoms with Gasteiger partial charge in [0.05, 0.1) is 5.56 Å². The van der Waals surface area contributed by atoms with Gasteiger partial charge in [-0.25, -0.2) is 4.79 Å². The second kappa shape index (κ2) is 8.00. The summed E-state index contributed by atoms with van der Waals surface area (Å²) in [6.45, 7) is 2.18. The number of halogens is 1. The standard InChI is InChI=1S/C19H21ClO2/c1-2-3-6-15-7-4-5-8-16(15)12-17-11-14(13-20)9-10-18(17)19(21)22/h4-5,7-11H,2-3,6,12-13H2,1H3,(H,21,22). The molecule has 0 aromatic heterocycles.